The second-order valence-corrected chi connectivity index (χ2v) is 7.48. The molecule has 0 aliphatic heterocycles. The number of amides is 1. The van der Waals surface area contributed by atoms with E-state index in [-0.39, 0.29) is 29.6 Å². The average Bonchev–Trinajstić information content (AvgIpc) is 2.70. The minimum Gasteiger partial charge on any atom is -0.462 e. The minimum absolute atomic E-state index is 0.0448. The summed E-state index contributed by atoms with van der Waals surface area (Å²) in [5.74, 6) is -1.19. The van der Waals surface area contributed by atoms with E-state index in [0.29, 0.717) is 0 Å². The Morgan fingerprint density at radius 2 is 1.76 bits per heavy atom. The predicted molar refractivity (Wildman–Crippen MR) is 114 cm³/mol. The summed E-state index contributed by atoms with van der Waals surface area (Å²) in [7, 11) is 0. The lowest BCUT2D eigenvalue weighted by atomic mass is 9.92. The molecule has 2 N–H and O–H groups in total. The summed E-state index contributed by atoms with van der Waals surface area (Å²) < 4.78 is 24.9. The molecule has 0 aliphatic rings. The number of rotatable bonds is 8. The molecule has 0 fully saturated rings. The van der Waals surface area contributed by atoms with Crippen LogP contribution < -0.4 is 10.6 Å². The second-order valence-electron chi connectivity index (χ2n) is 6.32. The van der Waals surface area contributed by atoms with Gasteiger partial charge in [0.1, 0.15) is 35.4 Å². The molecule has 9 heteroatoms. The minimum atomic E-state index is -1.35. The SMILES string of the molecule is CC(COC(=O)CNC(=S)S)(NC(=O)OCc1ccccc1)c1ccccc1F. The van der Waals surface area contributed by atoms with E-state index in [0.717, 1.165) is 5.56 Å². The number of thiocarbonyl (C=S) groups is 1. The highest BCUT2D eigenvalue weighted by Crippen LogP contribution is 2.24. The van der Waals surface area contributed by atoms with Crippen molar-refractivity contribution in [2.24, 2.45) is 0 Å². The zero-order valence-electron chi connectivity index (χ0n) is 15.7. The van der Waals surface area contributed by atoms with Gasteiger partial charge in [0.15, 0.2) is 0 Å². The molecule has 0 aliphatic carbocycles. The number of carbonyl (C=O) groups excluding carboxylic acids is 2. The molecule has 1 amide bonds. The van der Waals surface area contributed by atoms with E-state index in [1.54, 1.807) is 13.0 Å². The Kier molecular flexibility index (Phi) is 8.41. The molecule has 1 unspecified atom stereocenters. The number of hydrogen-bond acceptors (Lipinski definition) is 5. The van der Waals surface area contributed by atoms with Crippen molar-refractivity contribution in [3.8, 4) is 0 Å². The fourth-order valence-electron chi connectivity index (χ4n) is 2.50. The molecule has 0 radical (unpaired) electrons. The summed E-state index contributed by atoms with van der Waals surface area (Å²) in [5, 5.41) is 5.15. The van der Waals surface area contributed by atoms with Gasteiger partial charge in [0.2, 0.25) is 0 Å². The number of esters is 1. The van der Waals surface area contributed by atoms with E-state index < -0.39 is 23.4 Å². The van der Waals surface area contributed by atoms with Crippen LogP contribution in [0.5, 0.6) is 0 Å². The lowest BCUT2D eigenvalue weighted by molar-refractivity contribution is -0.144. The maximum absolute atomic E-state index is 14.4. The van der Waals surface area contributed by atoms with E-state index in [2.05, 4.69) is 23.3 Å². The van der Waals surface area contributed by atoms with Crippen molar-refractivity contribution >= 4 is 41.2 Å². The number of thiol groups is 1. The zero-order valence-corrected chi connectivity index (χ0v) is 17.4. The number of alkyl carbamates (subject to hydrolysis) is 1. The van der Waals surface area contributed by atoms with Gasteiger partial charge in [-0.2, -0.15) is 0 Å². The Bertz CT molecular complexity index is 867. The molecular formula is C20H21FN2O4S2. The lowest BCUT2D eigenvalue weighted by Crippen LogP contribution is -2.48. The quantitative estimate of drug-likeness (QED) is 0.335. The Labute approximate surface area is 179 Å². The van der Waals surface area contributed by atoms with Gasteiger partial charge in [-0.1, -0.05) is 60.7 Å². The summed E-state index contributed by atoms with van der Waals surface area (Å²) in [6, 6.07) is 15.0. The molecule has 0 heterocycles. The van der Waals surface area contributed by atoms with Crippen LogP contribution in [0.2, 0.25) is 0 Å². The van der Waals surface area contributed by atoms with Crippen LogP contribution in [0.15, 0.2) is 54.6 Å². The van der Waals surface area contributed by atoms with Crippen LogP contribution >= 0.6 is 24.8 Å². The summed E-state index contributed by atoms with van der Waals surface area (Å²) in [6.45, 7) is 1.07. The summed E-state index contributed by atoms with van der Waals surface area (Å²) in [4.78, 5) is 24.2. The predicted octanol–water partition coefficient (Wildman–Crippen LogP) is 3.31. The highest BCUT2D eigenvalue weighted by atomic mass is 32.1. The molecule has 154 valence electrons. The molecule has 6 nitrogen and oxygen atoms in total. The van der Waals surface area contributed by atoms with Crippen molar-refractivity contribution in [1.29, 1.82) is 0 Å². The largest absolute Gasteiger partial charge is 0.462 e. The van der Waals surface area contributed by atoms with Crippen LogP contribution in [-0.2, 0) is 26.4 Å². The number of halogens is 1. The maximum atomic E-state index is 14.4. The van der Waals surface area contributed by atoms with Crippen LogP contribution in [-0.4, -0.2) is 29.5 Å². The summed E-state index contributed by atoms with van der Waals surface area (Å²) >= 11 is 8.57. The topological polar surface area (TPSA) is 76.7 Å². The molecule has 1 atom stereocenters. The van der Waals surface area contributed by atoms with Gasteiger partial charge in [-0.25, -0.2) is 9.18 Å². The number of carbonyl (C=O) groups is 2. The molecule has 2 rings (SSSR count). The van der Waals surface area contributed by atoms with Crippen molar-refractivity contribution in [1.82, 2.24) is 10.6 Å². The van der Waals surface area contributed by atoms with Crippen LogP contribution in [0.3, 0.4) is 0 Å². The zero-order chi connectivity index (χ0) is 21.3. The number of ether oxygens (including phenoxy) is 2. The molecule has 0 bridgehead atoms. The first-order valence-electron chi connectivity index (χ1n) is 8.66. The molecular weight excluding hydrogens is 415 g/mol. The Morgan fingerprint density at radius 3 is 2.41 bits per heavy atom. The van der Waals surface area contributed by atoms with Gasteiger partial charge >= 0.3 is 12.1 Å². The monoisotopic (exact) mass is 436 g/mol. The first-order valence-corrected chi connectivity index (χ1v) is 9.52. The van der Waals surface area contributed by atoms with Crippen molar-refractivity contribution in [3.05, 3.63) is 71.5 Å². The van der Waals surface area contributed by atoms with Crippen LogP contribution in [0.1, 0.15) is 18.1 Å². The molecule has 2 aromatic carbocycles. The number of benzene rings is 2. The van der Waals surface area contributed by atoms with Gasteiger partial charge in [0.05, 0.1) is 0 Å². The van der Waals surface area contributed by atoms with E-state index >= 15 is 0 Å². The highest BCUT2D eigenvalue weighted by Gasteiger charge is 2.33. The van der Waals surface area contributed by atoms with E-state index in [9.17, 15) is 14.0 Å². The summed E-state index contributed by atoms with van der Waals surface area (Å²) in [5.41, 5.74) is -0.395. The molecule has 0 saturated carbocycles. The molecule has 0 aromatic heterocycles. The van der Waals surface area contributed by atoms with E-state index in [4.69, 9.17) is 21.7 Å². The molecule has 0 spiro atoms. The van der Waals surface area contributed by atoms with Crippen molar-refractivity contribution in [2.75, 3.05) is 13.2 Å². The Morgan fingerprint density at radius 1 is 1.10 bits per heavy atom. The Hall–Kier alpha value is -2.65. The molecule has 0 saturated heterocycles. The molecule has 2 aromatic rings. The third-order valence-corrected chi connectivity index (χ3v) is 4.27. The van der Waals surface area contributed by atoms with Crippen molar-refractivity contribution in [3.63, 3.8) is 0 Å². The van der Waals surface area contributed by atoms with Gasteiger partial charge in [-0.3, -0.25) is 4.79 Å². The van der Waals surface area contributed by atoms with Crippen molar-refractivity contribution in [2.45, 2.75) is 19.1 Å². The fraction of sp³-hybridized carbons (Fsp3) is 0.250. The second kappa shape index (κ2) is 10.8. The fourth-order valence-corrected chi connectivity index (χ4v) is 2.65. The normalized spacial score (nSPS) is 12.4. The van der Waals surface area contributed by atoms with Crippen LogP contribution in [0, 0.1) is 5.82 Å². The lowest BCUT2D eigenvalue weighted by Gasteiger charge is -2.30. The van der Waals surface area contributed by atoms with Crippen molar-refractivity contribution < 1.29 is 23.5 Å². The number of hydrogen-bond donors (Lipinski definition) is 3. The Balaban J connectivity index is 2.08. The first kappa shape index (κ1) is 22.6. The van der Waals surface area contributed by atoms with Crippen LogP contribution in [0.4, 0.5) is 9.18 Å². The van der Waals surface area contributed by atoms with E-state index in [1.807, 2.05) is 30.3 Å². The third-order valence-electron chi connectivity index (χ3n) is 3.96. The maximum Gasteiger partial charge on any atom is 0.408 e. The smallest absolute Gasteiger partial charge is 0.408 e. The van der Waals surface area contributed by atoms with E-state index in [1.165, 1.54) is 18.2 Å². The average molecular weight is 437 g/mol. The first-order chi connectivity index (χ1) is 13.8. The highest BCUT2D eigenvalue weighted by molar-refractivity contribution is 8.11. The van der Waals surface area contributed by atoms with Gasteiger partial charge in [-0.05, 0) is 18.6 Å². The summed E-state index contributed by atoms with van der Waals surface area (Å²) in [6.07, 6.45) is -0.773. The van der Waals surface area contributed by atoms with Gasteiger partial charge in [-0.15, -0.1) is 12.6 Å². The van der Waals surface area contributed by atoms with Gasteiger partial charge in [0, 0.05) is 5.56 Å². The van der Waals surface area contributed by atoms with Crippen LogP contribution in [0.25, 0.3) is 0 Å². The number of nitrogens with one attached hydrogen (secondary N) is 2. The molecule has 29 heavy (non-hydrogen) atoms. The van der Waals surface area contributed by atoms with Gasteiger partial charge in [0.25, 0.3) is 0 Å². The van der Waals surface area contributed by atoms with Gasteiger partial charge < -0.3 is 20.1 Å². The third kappa shape index (κ3) is 7.35. The standard InChI is InChI=1S/C20H21FN2O4S2/c1-20(15-9-5-6-10-16(15)21,13-27-17(24)11-22-19(28)29)23-18(25)26-12-14-7-3-2-4-8-14/h2-10H,11-13H2,1H3,(H,23,25)(H2,22,28,29).